The molecule has 0 spiro atoms. The van der Waals surface area contributed by atoms with Gasteiger partial charge in [0.25, 0.3) is 0 Å². The lowest BCUT2D eigenvalue weighted by Gasteiger charge is -2.15. The monoisotopic (exact) mass is 279 g/mol. The number of hydrogen-bond acceptors (Lipinski definition) is 1. The van der Waals surface area contributed by atoms with Crippen LogP contribution in [0.3, 0.4) is 0 Å². The molecule has 102 valence electrons. The Morgan fingerprint density at radius 3 is 2.44 bits per heavy atom. The lowest BCUT2D eigenvalue weighted by molar-refractivity contribution is -0.137. The molecule has 0 bridgehead atoms. The van der Waals surface area contributed by atoms with E-state index in [1.54, 1.807) is 0 Å². The minimum absolute atomic E-state index is 0.0748. The van der Waals surface area contributed by atoms with Crippen molar-refractivity contribution in [2.24, 2.45) is 5.73 Å². The van der Waals surface area contributed by atoms with Gasteiger partial charge in [0.15, 0.2) is 0 Å². The Labute approximate surface area is 110 Å². The minimum Gasteiger partial charge on any atom is -0.324 e. The van der Waals surface area contributed by atoms with Crippen LogP contribution in [0.1, 0.15) is 49.8 Å². The molecular weight excluding hydrogens is 263 g/mol. The average molecular weight is 280 g/mol. The number of rotatable bonds is 5. The SMILES string of the molecule is CCCCC[C@@H](N)c1cc(Cl)cc(C(F)(F)F)c1. The third-order valence-electron chi connectivity index (χ3n) is 2.79. The van der Waals surface area contributed by atoms with Gasteiger partial charge in [-0.05, 0) is 30.2 Å². The summed E-state index contributed by atoms with van der Waals surface area (Å²) < 4.78 is 37.9. The molecule has 0 aliphatic rings. The van der Waals surface area contributed by atoms with Crippen LogP contribution >= 0.6 is 11.6 Å². The highest BCUT2D eigenvalue weighted by atomic mass is 35.5. The lowest BCUT2D eigenvalue weighted by atomic mass is 9.99. The van der Waals surface area contributed by atoms with Crippen LogP contribution in [0.4, 0.5) is 13.2 Å². The van der Waals surface area contributed by atoms with Gasteiger partial charge in [-0.3, -0.25) is 0 Å². The summed E-state index contributed by atoms with van der Waals surface area (Å²) in [7, 11) is 0. The number of halogens is 4. The quantitative estimate of drug-likeness (QED) is 0.759. The molecule has 2 N–H and O–H groups in total. The van der Waals surface area contributed by atoms with Crippen LogP contribution in [0, 0.1) is 0 Å². The van der Waals surface area contributed by atoms with Crippen molar-refractivity contribution in [2.45, 2.75) is 44.8 Å². The molecule has 1 atom stereocenters. The molecule has 0 radical (unpaired) electrons. The third kappa shape index (κ3) is 4.50. The van der Waals surface area contributed by atoms with Gasteiger partial charge in [-0.15, -0.1) is 0 Å². The summed E-state index contributed by atoms with van der Waals surface area (Å²) in [5.41, 5.74) is 5.60. The molecule has 5 heteroatoms. The molecule has 18 heavy (non-hydrogen) atoms. The van der Waals surface area contributed by atoms with Gasteiger partial charge in [-0.1, -0.05) is 37.8 Å². The van der Waals surface area contributed by atoms with Gasteiger partial charge in [0.05, 0.1) is 5.56 Å². The van der Waals surface area contributed by atoms with E-state index in [9.17, 15) is 13.2 Å². The van der Waals surface area contributed by atoms with Crippen molar-refractivity contribution in [3.8, 4) is 0 Å². The van der Waals surface area contributed by atoms with Gasteiger partial charge < -0.3 is 5.73 Å². The van der Waals surface area contributed by atoms with Crippen LogP contribution in [-0.4, -0.2) is 0 Å². The first kappa shape index (κ1) is 15.3. The second-order valence-electron chi connectivity index (χ2n) is 4.37. The Balaban J connectivity index is 2.85. The maximum atomic E-state index is 12.6. The number of unbranched alkanes of at least 4 members (excludes halogenated alkanes) is 2. The first-order chi connectivity index (χ1) is 8.34. The van der Waals surface area contributed by atoms with Gasteiger partial charge in [-0.25, -0.2) is 0 Å². The molecule has 1 aromatic carbocycles. The van der Waals surface area contributed by atoms with E-state index < -0.39 is 17.8 Å². The fourth-order valence-corrected chi connectivity index (χ4v) is 2.01. The van der Waals surface area contributed by atoms with E-state index in [2.05, 4.69) is 6.92 Å². The molecule has 0 aliphatic heterocycles. The van der Waals surface area contributed by atoms with Gasteiger partial charge in [0.1, 0.15) is 0 Å². The van der Waals surface area contributed by atoms with Gasteiger partial charge in [0, 0.05) is 11.1 Å². The molecule has 1 rings (SSSR count). The molecule has 1 nitrogen and oxygen atoms in total. The molecular formula is C13H17ClF3N. The Kier molecular flexibility index (Phi) is 5.47. The van der Waals surface area contributed by atoms with E-state index in [0.29, 0.717) is 12.0 Å². The Hall–Kier alpha value is -0.740. The Morgan fingerprint density at radius 1 is 1.22 bits per heavy atom. The van der Waals surface area contributed by atoms with E-state index in [0.717, 1.165) is 31.4 Å². The highest BCUT2D eigenvalue weighted by Crippen LogP contribution is 2.33. The summed E-state index contributed by atoms with van der Waals surface area (Å²) in [6.45, 7) is 2.06. The molecule has 0 aromatic heterocycles. The molecule has 0 aliphatic carbocycles. The van der Waals surface area contributed by atoms with Crippen LogP contribution in [0.15, 0.2) is 18.2 Å². The van der Waals surface area contributed by atoms with Crippen molar-refractivity contribution in [2.75, 3.05) is 0 Å². The molecule has 0 saturated heterocycles. The third-order valence-corrected chi connectivity index (χ3v) is 3.01. The highest BCUT2D eigenvalue weighted by Gasteiger charge is 2.31. The van der Waals surface area contributed by atoms with Crippen molar-refractivity contribution >= 4 is 11.6 Å². The second-order valence-corrected chi connectivity index (χ2v) is 4.81. The molecule has 0 saturated carbocycles. The molecule has 0 unspecified atom stereocenters. The maximum Gasteiger partial charge on any atom is 0.416 e. The van der Waals surface area contributed by atoms with Crippen molar-refractivity contribution < 1.29 is 13.2 Å². The largest absolute Gasteiger partial charge is 0.416 e. The van der Waals surface area contributed by atoms with Crippen molar-refractivity contribution in [3.05, 3.63) is 34.3 Å². The number of nitrogens with two attached hydrogens (primary N) is 1. The van der Waals surface area contributed by atoms with Gasteiger partial charge in [-0.2, -0.15) is 13.2 Å². The second kappa shape index (κ2) is 6.43. The zero-order chi connectivity index (χ0) is 13.8. The fourth-order valence-electron chi connectivity index (χ4n) is 1.77. The standard InChI is InChI=1S/C13H17ClF3N/c1-2-3-4-5-12(18)9-6-10(13(15,16)17)8-11(14)7-9/h6-8,12H,2-5,18H2,1H3/t12-/m1/s1. The van der Waals surface area contributed by atoms with Gasteiger partial charge in [0.2, 0.25) is 0 Å². The van der Waals surface area contributed by atoms with Crippen LogP contribution in [0.25, 0.3) is 0 Å². The average Bonchev–Trinajstić information content (AvgIpc) is 2.27. The van der Waals surface area contributed by atoms with Crippen molar-refractivity contribution in [3.63, 3.8) is 0 Å². The van der Waals surface area contributed by atoms with Crippen LogP contribution in [-0.2, 0) is 6.18 Å². The normalized spacial score (nSPS) is 13.7. The zero-order valence-electron chi connectivity index (χ0n) is 10.2. The molecule has 0 amide bonds. The summed E-state index contributed by atoms with van der Waals surface area (Å²) in [6.07, 6.45) is -0.726. The first-order valence-corrected chi connectivity index (χ1v) is 6.35. The zero-order valence-corrected chi connectivity index (χ0v) is 11.0. The lowest BCUT2D eigenvalue weighted by Crippen LogP contribution is -2.12. The number of alkyl halides is 3. The Morgan fingerprint density at radius 2 is 1.89 bits per heavy atom. The smallest absolute Gasteiger partial charge is 0.324 e. The highest BCUT2D eigenvalue weighted by molar-refractivity contribution is 6.30. The molecule has 0 heterocycles. The predicted octanol–water partition coefficient (Wildman–Crippen LogP) is 4.94. The minimum atomic E-state index is -4.39. The number of benzene rings is 1. The number of hydrogen-bond donors (Lipinski definition) is 1. The summed E-state index contributed by atoms with van der Waals surface area (Å²) in [5, 5.41) is 0.0748. The summed E-state index contributed by atoms with van der Waals surface area (Å²) >= 11 is 5.71. The maximum absolute atomic E-state index is 12.6. The van der Waals surface area contributed by atoms with E-state index in [1.807, 2.05) is 0 Å². The van der Waals surface area contributed by atoms with Crippen LogP contribution in [0.5, 0.6) is 0 Å². The van der Waals surface area contributed by atoms with Gasteiger partial charge >= 0.3 is 6.18 Å². The first-order valence-electron chi connectivity index (χ1n) is 5.98. The Bertz CT molecular complexity index is 390. The van der Waals surface area contributed by atoms with Crippen molar-refractivity contribution in [1.82, 2.24) is 0 Å². The summed E-state index contributed by atoms with van der Waals surface area (Å²) in [4.78, 5) is 0. The van der Waals surface area contributed by atoms with Crippen molar-refractivity contribution in [1.29, 1.82) is 0 Å². The summed E-state index contributed by atoms with van der Waals surface area (Å²) in [6, 6.07) is 3.12. The van der Waals surface area contributed by atoms with E-state index in [4.69, 9.17) is 17.3 Å². The topological polar surface area (TPSA) is 26.0 Å². The van der Waals surface area contributed by atoms with Crippen LogP contribution < -0.4 is 5.73 Å². The predicted molar refractivity (Wildman–Crippen MR) is 67.5 cm³/mol. The van der Waals surface area contributed by atoms with E-state index >= 15 is 0 Å². The van der Waals surface area contributed by atoms with E-state index in [-0.39, 0.29) is 5.02 Å². The summed E-state index contributed by atoms with van der Waals surface area (Å²) in [5.74, 6) is 0. The molecule has 0 fully saturated rings. The van der Waals surface area contributed by atoms with E-state index in [1.165, 1.54) is 6.07 Å². The van der Waals surface area contributed by atoms with Crippen LogP contribution in [0.2, 0.25) is 5.02 Å². The molecule has 1 aromatic rings. The fraction of sp³-hybridized carbons (Fsp3) is 0.538.